The quantitative estimate of drug-likeness (QED) is 0.871. The van der Waals surface area contributed by atoms with Crippen LogP contribution in [0.2, 0.25) is 0 Å². The van der Waals surface area contributed by atoms with Gasteiger partial charge in [0.2, 0.25) is 10.0 Å². The van der Waals surface area contributed by atoms with Gasteiger partial charge in [0.15, 0.2) is 5.76 Å². The number of benzene rings is 1. The summed E-state index contributed by atoms with van der Waals surface area (Å²) in [5.74, 6) is 0.666. The van der Waals surface area contributed by atoms with Gasteiger partial charge in [-0.15, -0.1) is 0 Å². The van der Waals surface area contributed by atoms with Gasteiger partial charge in [-0.2, -0.15) is 4.31 Å². The first-order valence-corrected chi connectivity index (χ1v) is 8.64. The molecule has 0 saturated carbocycles. The fourth-order valence-corrected chi connectivity index (χ4v) is 4.55. The molecular weight excluding hydrogens is 288 g/mol. The molecule has 1 aromatic carbocycles. The van der Waals surface area contributed by atoms with Gasteiger partial charge in [0, 0.05) is 12.6 Å². The highest BCUT2D eigenvalue weighted by molar-refractivity contribution is 7.88. The lowest BCUT2D eigenvalue weighted by Gasteiger charge is -2.22. The van der Waals surface area contributed by atoms with Crippen molar-refractivity contribution in [3.8, 4) is 0 Å². The van der Waals surface area contributed by atoms with E-state index in [1.54, 1.807) is 4.31 Å². The van der Waals surface area contributed by atoms with Crippen LogP contribution in [0.5, 0.6) is 0 Å². The minimum absolute atomic E-state index is 0.0253. The van der Waals surface area contributed by atoms with Crippen molar-refractivity contribution in [2.45, 2.75) is 31.6 Å². The van der Waals surface area contributed by atoms with Crippen molar-refractivity contribution in [3.05, 3.63) is 53.4 Å². The second kappa shape index (κ2) is 5.61. The molecule has 0 aliphatic carbocycles. The maximum atomic E-state index is 12.7. The van der Waals surface area contributed by atoms with Crippen molar-refractivity contribution < 1.29 is 12.9 Å². The van der Waals surface area contributed by atoms with Crippen LogP contribution in [0, 0.1) is 6.92 Å². The Balaban J connectivity index is 1.84. The average molecular weight is 306 g/mol. The molecule has 112 valence electrons. The molecule has 2 aromatic rings. The molecule has 0 spiro atoms. The van der Waals surface area contributed by atoms with Crippen molar-refractivity contribution >= 4 is 10.0 Å². The van der Waals surface area contributed by atoms with Gasteiger partial charge in [-0.05, 0) is 25.3 Å². The van der Waals surface area contributed by atoms with Gasteiger partial charge in [-0.1, -0.05) is 35.5 Å². The molecule has 0 radical (unpaired) electrons. The third-order valence-electron chi connectivity index (χ3n) is 3.73. The highest BCUT2D eigenvalue weighted by Gasteiger charge is 2.37. The van der Waals surface area contributed by atoms with E-state index in [-0.39, 0.29) is 11.8 Å². The molecule has 0 bridgehead atoms. The fourth-order valence-electron chi connectivity index (χ4n) is 2.77. The minimum Gasteiger partial charge on any atom is -0.359 e. The molecule has 1 saturated heterocycles. The van der Waals surface area contributed by atoms with E-state index in [0.717, 1.165) is 24.1 Å². The van der Waals surface area contributed by atoms with Gasteiger partial charge in [0.1, 0.15) is 0 Å². The summed E-state index contributed by atoms with van der Waals surface area (Å²) in [6.45, 7) is 2.38. The van der Waals surface area contributed by atoms with Crippen LogP contribution in [0.3, 0.4) is 0 Å². The fraction of sp³-hybridized carbons (Fsp3) is 0.400. The topological polar surface area (TPSA) is 63.4 Å². The predicted octanol–water partition coefficient (Wildman–Crippen LogP) is 2.65. The standard InChI is InChI=1S/C15H18N2O3S/c1-12-10-15(20-16-12)14-8-5-9-17(14)21(18,19)11-13-6-3-2-4-7-13/h2-4,6-7,10,14H,5,8-9,11H2,1H3/t14-/m0/s1. The molecule has 21 heavy (non-hydrogen) atoms. The van der Waals surface area contributed by atoms with Crippen molar-refractivity contribution in [1.82, 2.24) is 9.46 Å². The van der Waals surface area contributed by atoms with Crippen LogP contribution in [0.15, 0.2) is 40.9 Å². The van der Waals surface area contributed by atoms with Crippen LogP contribution in [0.1, 0.15) is 35.9 Å². The SMILES string of the molecule is Cc1cc([C@@H]2CCCN2S(=O)(=O)Cc2ccccc2)on1. The minimum atomic E-state index is -3.36. The number of aryl methyl sites for hydroxylation is 1. The Hall–Kier alpha value is -1.66. The Morgan fingerprint density at radius 1 is 1.33 bits per heavy atom. The molecular formula is C15H18N2O3S. The number of nitrogens with zero attached hydrogens (tertiary/aromatic N) is 2. The smallest absolute Gasteiger partial charge is 0.218 e. The summed E-state index contributed by atoms with van der Waals surface area (Å²) in [4.78, 5) is 0. The summed E-state index contributed by atoms with van der Waals surface area (Å²) >= 11 is 0. The van der Waals surface area contributed by atoms with Gasteiger partial charge in [-0.3, -0.25) is 0 Å². The van der Waals surface area contributed by atoms with Gasteiger partial charge in [0.25, 0.3) is 0 Å². The van der Waals surface area contributed by atoms with E-state index in [1.807, 2.05) is 43.3 Å². The van der Waals surface area contributed by atoms with E-state index >= 15 is 0 Å². The largest absolute Gasteiger partial charge is 0.359 e. The van der Waals surface area contributed by atoms with Crippen LogP contribution >= 0.6 is 0 Å². The number of hydrogen-bond acceptors (Lipinski definition) is 4. The molecule has 1 aliphatic heterocycles. The van der Waals surface area contributed by atoms with Gasteiger partial charge in [0.05, 0.1) is 17.5 Å². The summed E-state index contributed by atoms with van der Waals surface area (Å²) < 4.78 is 32.1. The molecule has 0 N–H and O–H groups in total. The lowest BCUT2D eigenvalue weighted by atomic mass is 10.2. The van der Waals surface area contributed by atoms with Gasteiger partial charge < -0.3 is 4.52 Å². The third-order valence-corrected chi connectivity index (χ3v) is 5.58. The van der Waals surface area contributed by atoms with Gasteiger partial charge >= 0.3 is 0 Å². The maximum Gasteiger partial charge on any atom is 0.218 e. The van der Waals surface area contributed by atoms with Crippen molar-refractivity contribution in [2.24, 2.45) is 0 Å². The van der Waals surface area contributed by atoms with E-state index < -0.39 is 10.0 Å². The first-order chi connectivity index (χ1) is 10.1. The summed E-state index contributed by atoms with van der Waals surface area (Å²) in [5, 5.41) is 3.87. The highest BCUT2D eigenvalue weighted by atomic mass is 32.2. The molecule has 1 aliphatic rings. The Morgan fingerprint density at radius 3 is 2.76 bits per heavy atom. The monoisotopic (exact) mass is 306 g/mol. The first-order valence-electron chi connectivity index (χ1n) is 7.03. The lowest BCUT2D eigenvalue weighted by molar-refractivity contribution is 0.297. The summed E-state index contributed by atoms with van der Waals surface area (Å²) in [5.41, 5.74) is 1.58. The first kappa shape index (κ1) is 14.3. The van der Waals surface area contributed by atoms with Crippen molar-refractivity contribution in [1.29, 1.82) is 0 Å². The zero-order valence-corrected chi connectivity index (χ0v) is 12.7. The third kappa shape index (κ3) is 3.01. The van der Waals surface area contributed by atoms with Crippen LogP contribution in [-0.4, -0.2) is 24.4 Å². The zero-order valence-electron chi connectivity index (χ0n) is 11.9. The highest BCUT2D eigenvalue weighted by Crippen LogP contribution is 2.35. The van der Waals surface area contributed by atoms with Crippen LogP contribution in [0.4, 0.5) is 0 Å². The molecule has 0 unspecified atom stereocenters. The Morgan fingerprint density at radius 2 is 2.10 bits per heavy atom. The van der Waals surface area contributed by atoms with E-state index in [9.17, 15) is 8.42 Å². The molecule has 5 nitrogen and oxygen atoms in total. The number of rotatable bonds is 4. The second-order valence-electron chi connectivity index (χ2n) is 5.38. The molecule has 6 heteroatoms. The second-order valence-corrected chi connectivity index (χ2v) is 7.30. The number of sulfonamides is 1. The van der Waals surface area contributed by atoms with E-state index in [2.05, 4.69) is 5.16 Å². The maximum absolute atomic E-state index is 12.7. The Labute approximate surface area is 124 Å². The van der Waals surface area contributed by atoms with Gasteiger partial charge in [-0.25, -0.2) is 8.42 Å². The summed E-state index contributed by atoms with van der Waals surface area (Å²) in [6, 6.07) is 10.9. The van der Waals surface area contributed by atoms with E-state index in [0.29, 0.717) is 12.3 Å². The van der Waals surface area contributed by atoms with E-state index in [1.165, 1.54) is 0 Å². The number of aromatic nitrogens is 1. The van der Waals surface area contributed by atoms with Crippen LogP contribution in [0.25, 0.3) is 0 Å². The molecule has 1 atom stereocenters. The summed E-state index contributed by atoms with van der Waals surface area (Å²) in [7, 11) is -3.36. The Kier molecular flexibility index (Phi) is 3.82. The molecule has 3 rings (SSSR count). The lowest BCUT2D eigenvalue weighted by Crippen LogP contribution is -2.31. The van der Waals surface area contributed by atoms with Crippen molar-refractivity contribution in [3.63, 3.8) is 0 Å². The molecule has 0 amide bonds. The molecule has 1 fully saturated rings. The molecule has 1 aromatic heterocycles. The van der Waals surface area contributed by atoms with E-state index in [4.69, 9.17) is 4.52 Å². The number of hydrogen-bond donors (Lipinski definition) is 0. The van der Waals surface area contributed by atoms with Crippen LogP contribution in [-0.2, 0) is 15.8 Å². The zero-order chi connectivity index (χ0) is 14.9. The van der Waals surface area contributed by atoms with Crippen LogP contribution < -0.4 is 0 Å². The molecule has 2 heterocycles. The normalized spacial score (nSPS) is 20.0. The predicted molar refractivity (Wildman–Crippen MR) is 79.0 cm³/mol. The summed E-state index contributed by atoms with van der Waals surface area (Å²) in [6.07, 6.45) is 1.63. The van der Waals surface area contributed by atoms with Crippen molar-refractivity contribution in [2.75, 3.05) is 6.54 Å². The average Bonchev–Trinajstić information content (AvgIpc) is 3.07. The Bertz CT molecular complexity index is 710.